The summed E-state index contributed by atoms with van der Waals surface area (Å²) in [6.45, 7) is 0.994. The molecule has 2 aromatic rings. The van der Waals surface area contributed by atoms with Crippen LogP contribution in [0.5, 0.6) is 0 Å². The largest absolute Gasteiger partial charge is 0.398 e. The number of aliphatic hydroxyl groups excluding tert-OH is 2. The van der Waals surface area contributed by atoms with E-state index in [1.54, 1.807) is 0 Å². The van der Waals surface area contributed by atoms with Crippen molar-refractivity contribution in [3.05, 3.63) is 48.2 Å². The number of amidine groups is 2. The normalized spacial score (nSPS) is 30.2. The molecule has 0 spiro atoms. The van der Waals surface area contributed by atoms with Crippen molar-refractivity contribution in [1.29, 1.82) is 0 Å². The highest BCUT2D eigenvalue weighted by molar-refractivity contribution is 6.15. The second-order valence-electron chi connectivity index (χ2n) is 10.2. The molecule has 2 saturated carbocycles. The van der Waals surface area contributed by atoms with Gasteiger partial charge < -0.3 is 25.3 Å². The lowest BCUT2D eigenvalue weighted by molar-refractivity contribution is 0.00293. The van der Waals surface area contributed by atoms with Gasteiger partial charge in [0.15, 0.2) is 5.84 Å². The Morgan fingerprint density at radius 2 is 2.03 bits per heavy atom. The monoisotopic (exact) mass is 488 g/mol. The summed E-state index contributed by atoms with van der Waals surface area (Å²) in [5, 5.41) is 30.4. The number of anilines is 1. The molecule has 0 bridgehead atoms. The zero-order chi connectivity index (χ0) is 24.6. The number of aryl methyl sites for hydroxylation is 1. The minimum atomic E-state index is -0.860. The minimum absolute atomic E-state index is 0.0161. The Kier molecular flexibility index (Phi) is 6.18. The number of nitrogens with zero attached hydrogens (tertiary/aromatic N) is 5. The smallest absolute Gasteiger partial charge is 0.183 e. The Hall–Kier alpha value is -3.30. The van der Waals surface area contributed by atoms with Crippen LogP contribution in [0.15, 0.2) is 57.7 Å². The first-order valence-corrected chi connectivity index (χ1v) is 12.8. The van der Waals surface area contributed by atoms with Crippen molar-refractivity contribution in [3.63, 3.8) is 0 Å². The van der Waals surface area contributed by atoms with Gasteiger partial charge in [0, 0.05) is 18.1 Å². The van der Waals surface area contributed by atoms with E-state index in [1.807, 2.05) is 23.2 Å². The molecule has 0 radical (unpaired) electrons. The lowest BCUT2D eigenvalue weighted by atomic mass is 9.95. The van der Waals surface area contributed by atoms with Gasteiger partial charge in [-0.2, -0.15) is 0 Å². The van der Waals surface area contributed by atoms with Crippen LogP contribution in [-0.2, 0) is 11.3 Å². The second-order valence-corrected chi connectivity index (χ2v) is 10.2. The van der Waals surface area contributed by atoms with Gasteiger partial charge in [0.1, 0.15) is 37.1 Å². The van der Waals surface area contributed by atoms with E-state index in [1.165, 1.54) is 31.9 Å². The van der Waals surface area contributed by atoms with E-state index in [0.29, 0.717) is 12.3 Å². The SMILES string of the molecule is CO/N=C1\N=CN=C2C1C=CN2[C@@H]1C[C@H](CCc2ccc3ccc(NCC4CC4)nc3c2)[C@@H](O)[C@H]1O. The molecule has 9 heteroatoms. The van der Waals surface area contributed by atoms with Gasteiger partial charge in [-0.25, -0.2) is 15.0 Å². The molecule has 0 amide bonds. The number of rotatable bonds is 8. The first-order valence-electron chi connectivity index (χ1n) is 12.8. The van der Waals surface area contributed by atoms with Crippen molar-refractivity contribution < 1.29 is 15.1 Å². The summed E-state index contributed by atoms with van der Waals surface area (Å²) in [6, 6.07) is 10.3. The highest BCUT2D eigenvalue weighted by atomic mass is 16.6. The Labute approximate surface area is 210 Å². The fourth-order valence-corrected chi connectivity index (χ4v) is 5.53. The highest BCUT2D eigenvalue weighted by Crippen LogP contribution is 2.37. The molecule has 1 aromatic heterocycles. The first kappa shape index (κ1) is 23.1. The number of pyridine rings is 1. The maximum absolute atomic E-state index is 10.9. The van der Waals surface area contributed by atoms with Crippen molar-refractivity contribution in [1.82, 2.24) is 9.88 Å². The molecule has 9 nitrogen and oxygen atoms in total. The fourth-order valence-electron chi connectivity index (χ4n) is 5.53. The Morgan fingerprint density at radius 1 is 1.17 bits per heavy atom. The minimum Gasteiger partial charge on any atom is -0.398 e. The number of aliphatic hydroxyl groups is 2. The topological polar surface area (TPSA) is 115 Å². The van der Waals surface area contributed by atoms with Crippen LogP contribution in [0.3, 0.4) is 0 Å². The maximum Gasteiger partial charge on any atom is 0.183 e. The Morgan fingerprint density at radius 3 is 2.86 bits per heavy atom. The van der Waals surface area contributed by atoms with E-state index in [-0.39, 0.29) is 17.9 Å². The number of nitrogens with one attached hydrogen (secondary N) is 1. The summed E-state index contributed by atoms with van der Waals surface area (Å²) >= 11 is 0. The molecule has 5 atom stereocenters. The Balaban J connectivity index is 1.11. The molecule has 0 saturated heterocycles. The van der Waals surface area contributed by atoms with Gasteiger partial charge in [0.25, 0.3) is 0 Å². The highest BCUT2D eigenvalue weighted by Gasteiger charge is 2.47. The van der Waals surface area contributed by atoms with Crippen molar-refractivity contribution in [2.45, 2.75) is 50.4 Å². The lowest BCUT2D eigenvalue weighted by Crippen LogP contribution is -2.44. The molecule has 3 heterocycles. The fraction of sp³-hybridized carbons (Fsp3) is 0.481. The average molecular weight is 489 g/mol. The molecule has 3 N–H and O–H groups in total. The van der Waals surface area contributed by atoms with Gasteiger partial charge in [0.2, 0.25) is 0 Å². The van der Waals surface area contributed by atoms with E-state index in [9.17, 15) is 10.2 Å². The summed E-state index contributed by atoms with van der Waals surface area (Å²) in [5.74, 6) is 2.79. The summed E-state index contributed by atoms with van der Waals surface area (Å²) in [7, 11) is 1.49. The van der Waals surface area contributed by atoms with Gasteiger partial charge in [-0.1, -0.05) is 17.3 Å². The third kappa shape index (κ3) is 4.49. The van der Waals surface area contributed by atoms with E-state index < -0.39 is 12.2 Å². The van der Waals surface area contributed by atoms with Gasteiger partial charge in [-0.15, -0.1) is 0 Å². The van der Waals surface area contributed by atoms with Gasteiger partial charge >= 0.3 is 0 Å². The summed E-state index contributed by atoms with van der Waals surface area (Å²) in [6.07, 6.45) is 8.57. The van der Waals surface area contributed by atoms with E-state index in [0.717, 1.165) is 47.9 Å². The summed E-state index contributed by atoms with van der Waals surface area (Å²) in [5.41, 5.74) is 2.17. The molecule has 1 aromatic carbocycles. The molecule has 2 fully saturated rings. The lowest BCUT2D eigenvalue weighted by Gasteiger charge is -2.29. The van der Waals surface area contributed by atoms with Crippen LogP contribution in [0.25, 0.3) is 10.9 Å². The van der Waals surface area contributed by atoms with Gasteiger partial charge in [-0.3, -0.25) is 0 Å². The van der Waals surface area contributed by atoms with Crippen LogP contribution in [0.2, 0.25) is 0 Å². The maximum atomic E-state index is 10.9. The molecule has 2 aliphatic heterocycles. The number of hydrogen-bond acceptors (Lipinski definition) is 8. The molecule has 1 unspecified atom stereocenters. The number of fused-ring (bicyclic) bond motifs is 2. The second kappa shape index (κ2) is 9.63. The number of hydrogen-bond donors (Lipinski definition) is 3. The van der Waals surface area contributed by atoms with Crippen molar-refractivity contribution >= 4 is 34.7 Å². The molecule has 6 rings (SSSR count). The van der Waals surface area contributed by atoms with Crippen LogP contribution in [0, 0.1) is 17.8 Å². The number of oxime groups is 1. The standard InChI is InChI=1S/C27H32N6O3/c1-36-32-26-20-10-11-33(27(20)30-15-29-26)22-13-19(24(34)25(22)35)7-5-16-4-6-18-8-9-23(31-21(18)12-16)28-14-17-2-3-17/h4,6,8-12,15,17,19-20,22,24-25,34-35H,2-3,5,7,13-14H2,1H3,(H,28,31)/b32-26-/t19-,20?,22+,24+,25-/m0/s1. The zero-order valence-electron chi connectivity index (χ0n) is 20.4. The van der Waals surface area contributed by atoms with Crippen LogP contribution >= 0.6 is 0 Å². The zero-order valence-corrected chi connectivity index (χ0v) is 20.4. The van der Waals surface area contributed by atoms with Crippen molar-refractivity contribution in [3.8, 4) is 0 Å². The summed E-state index contributed by atoms with van der Waals surface area (Å²) in [4.78, 5) is 20.3. The number of aliphatic imine (C=N–C) groups is 2. The van der Waals surface area contributed by atoms with E-state index in [4.69, 9.17) is 9.82 Å². The van der Waals surface area contributed by atoms with E-state index >= 15 is 0 Å². The Bertz CT molecular complexity index is 1250. The third-order valence-corrected chi connectivity index (χ3v) is 7.78. The van der Waals surface area contributed by atoms with Crippen molar-refractivity contribution in [2.24, 2.45) is 32.9 Å². The summed E-state index contributed by atoms with van der Waals surface area (Å²) < 4.78 is 0. The number of aromatic nitrogens is 1. The molecule has 36 heavy (non-hydrogen) atoms. The van der Waals surface area contributed by atoms with Crippen LogP contribution in [-0.4, -0.2) is 70.0 Å². The molecule has 2 aliphatic carbocycles. The predicted octanol–water partition coefficient (Wildman–Crippen LogP) is 2.95. The molecule has 188 valence electrons. The van der Waals surface area contributed by atoms with Crippen molar-refractivity contribution in [2.75, 3.05) is 19.0 Å². The van der Waals surface area contributed by atoms with Crippen LogP contribution in [0.4, 0.5) is 5.82 Å². The molecular weight excluding hydrogens is 456 g/mol. The quantitative estimate of drug-likeness (QED) is 0.492. The van der Waals surface area contributed by atoms with Crippen LogP contribution < -0.4 is 5.32 Å². The average Bonchev–Trinajstić information content (AvgIpc) is 3.57. The third-order valence-electron chi connectivity index (χ3n) is 7.78. The molecule has 4 aliphatic rings. The van der Waals surface area contributed by atoms with Gasteiger partial charge in [-0.05, 0) is 73.8 Å². The van der Waals surface area contributed by atoms with E-state index in [2.05, 4.69) is 44.7 Å². The van der Waals surface area contributed by atoms with Crippen LogP contribution in [0.1, 0.15) is 31.2 Å². The molecular formula is C27H32N6O3. The first-order chi connectivity index (χ1) is 17.6. The predicted molar refractivity (Wildman–Crippen MR) is 140 cm³/mol. The van der Waals surface area contributed by atoms with Gasteiger partial charge in [0.05, 0.1) is 17.7 Å². The number of benzene rings is 1.